The summed E-state index contributed by atoms with van der Waals surface area (Å²) in [6, 6.07) is 19.3. The van der Waals surface area contributed by atoms with Crippen molar-refractivity contribution in [2.45, 2.75) is 20.3 Å². The molecule has 0 atom stereocenters. The Kier molecular flexibility index (Phi) is 5.35. The van der Waals surface area contributed by atoms with Crippen molar-refractivity contribution in [2.24, 2.45) is 0 Å². The second kappa shape index (κ2) is 8.25. The van der Waals surface area contributed by atoms with Gasteiger partial charge in [-0.05, 0) is 49.2 Å². The Bertz CT molecular complexity index is 1270. The standard InChI is InChI=1S/C25H20O5/c1-3-17-6-4-5-7-21(17)30-23-15-28-22-14-19(12-13-20(22)24(23)26)29-25(27)18-10-8-16(2)9-11-18/h4-15H,3H2,1-2H3. The monoisotopic (exact) mass is 400 g/mol. The van der Waals surface area contributed by atoms with Crippen LogP contribution >= 0.6 is 0 Å². The van der Waals surface area contributed by atoms with Crippen molar-refractivity contribution in [3.05, 3.63) is 99.9 Å². The van der Waals surface area contributed by atoms with Gasteiger partial charge in [0.1, 0.15) is 23.3 Å². The van der Waals surface area contributed by atoms with E-state index in [0.717, 1.165) is 17.5 Å². The molecule has 0 aliphatic heterocycles. The van der Waals surface area contributed by atoms with Crippen molar-refractivity contribution in [1.82, 2.24) is 0 Å². The molecule has 0 aliphatic rings. The second-order valence-electron chi connectivity index (χ2n) is 6.91. The van der Waals surface area contributed by atoms with Gasteiger partial charge in [0.2, 0.25) is 11.2 Å². The molecule has 0 radical (unpaired) electrons. The van der Waals surface area contributed by atoms with Crippen LogP contribution in [0.1, 0.15) is 28.4 Å². The number of ether oxygens (including phenoxy) is 2. The third-order valence-corrected chi connectivity index (χ3v) is 4.79. The molecular formula is C25H20O5. The number of rotatable bonds is 5. The smallest absolute Gasteiger partial charge is 0.343 e. The highest BCUT2D eigenvalue weighted by Crippen LogP contribution is 2.26. The van der Waals surface area contributed by atoms with Crippen LogP contribution in [0.15, 0.2) is 82.2 Å². The number of fused-ring (bicyclic) bond motifs is 1. The first-order chi connectivity index (χ1) is 14.5. The third kappa shape index (κ3) is 3.96. The van der Waals surface area contributed by atoms with Crippen molar-refractivity contribution in [1.29, 1.82) is 0 Å². The third-order valence-electron chi connectivity index (χ3n) is 4.79. The maximum absolute atomic E-state index is 12.8. The highest BCUT2D eigenvalue weighted by molar-refractivity contribution is 5.91. The van der Waals surface area contributed by atoms with Gasteiger partial charge in [-0.3, -0.25) is 4.79 Å². The maximum Gasteiger partial charge on any atom is 0.343 e. The van der Waals surface area contributed by atoms with Crippen LogP contribution in [-0.2, 0) is 6.42 Å². The predicted molar refractivity (Wildman–Crippen MR) is 115 cm³/mol. The predicted octanol–water partition coefficient (Wildman–Crippen LogP) is 5.68. The molecule has 0 N–H and O–H groups in total. The van der Waals surface area contributed by atoms with Crippen LogP contribution in [0.5, 0.6) is 17.2 Å². The lowest BCUT2D eigenvalue weighted by molar-refractivity contribution is 0.0735. The number of hydrogen-bond donors (Lipinski definition) is 0. The van der Waals surface area contributed by atoms with Crippen molar-refractivity contribution in [3.8, 4) is 17.2 Å². The van der Waals surface area contributed by atoms with Gasteiger partial charge >= 0.3 is 5.97 Å². The van der Waals surface area contributed by atoms with E-state index in [9.17, 15) is 9.59 Å². The van der Waals surface area contributed by atoms with Crippen LogP contribution in [0.2, 0.25) is 0 Å². The Hall–Kier alpha value is -3.86. The van der Waals surface area contributed by atoms with Crippen LogP contribution in [0.3, 0.4) is 0 Å². The van der Waals surface area contributed by atoms with Crippen molar-refractivity contribution < 1.29 is 18.7 Å². The average Bonchev–Trinajstić information content (AvgIpc) is 2.76. The summed E-state index contributed by atoms with van der Waals surface area (Å²) in [5.41, 5.74) is 2.51. The van der Waals surface area contributed by atoms with E-state index in [1.54, 1.807) is 24.3 Å². The molecular weight excluding hydrogens is 380 g/mol. The van der Waals surface area contributed by atoms with Crippen LogP contribution in [0.25, 0.3) is 11.0 Å². The van der Waals surface area contributed by atoms with Crippen molar-refractivity contribution >= 4 is 16.9 Å². The molecule has 0 unspecified atom stereocenters. The van der Waals surface area contributed by atoms with Crippen LogP contribution in [-0.4, -0.2) is 5.97 Å². The molecule has 0 aliphatic carbocycles. The maximum atomic E-state index is 12.8. The van der Waals surface area contributed by atoms with Gasteiger partial charge in [-0.15, -0.1) is 0 Å². The Morgan fingerprint density at radius 3 is 2.50 bits per heavy atom. The molecule has 5 heteroatoms. The zero-order valence-electron chi connectivity index (χ0n) is 16.7. The van der Waals surface area contributed by atoms with E-state index >= 15 is 0 Å². The molecule has 3 aromatic carbocycles. The summed E-state index contributed by atoms with van der Waals surface area (Å²) in [4.78, 5) is 25.1. The van der Waals surface area contributed by atoms with E-state index in [2.05, 4.69) is 0 Å². The summed E-state index contributed by atoms with van der Waals surface area (Å²) in [6.45, 7) is 3.96. The van der Waals surface area contributed by atoms with E-state index in [4.69, 9.17) is 13.9 Å². The normalized spacial score (nSPS) is 10.7. The second-order valence-corrected chi connectivity index (χ2v) is 6.91. The van der Waals surface area contributed by atoms with Gasteiger partial charge in [0.25, 0.3) is 0 Å². The molecule has 0 bridgehead atoms. The van der Waals surface area contributed by atoms with Crippen molar-refractivity contribution in [3.63, 3.8) is 0 Å². The van der Waals surface area contributed by atoms with Gasteiger partial charge < -0.3 is 13.9 Å². The number of aryl methyl sites for hydroxylation is 2. The Morgan fingerprint density at radius 1 is 0.967 bits per heavy atom. The molecule has 0 fully saturated rings. The van der Waals surface area contributed by atoms with Gasteiger partial charge in [0.15, 0.2) is 0 Å². The Balaban J connectivity index is 1.60. The summed E-state index contributed by atoms with van der Waals surface area (Å²) in [5.74, 6) is 0.539. The van der Waals surface area contributed by atoms with Crippen LogP contribution in [0, 0.1) is 6.92 Å². The fraction of sp³-hybridized carbons (Fsp3) is 0.120. The SMILES string of the molecule is CCc1ccccc1Oc1coc2cc(OC(=O)c3ccc(C)cc3)ccc2c1=O. The molecule has 150 valence electrons. The summed E-state index contributed by atoms with van der Waals surface area (Å²) < 4.78 is 16.8. The van der Waals surface area contributed by atoms with Crippen molar-refractivity contribution in [2.75, 3.05) is 0 Å². The lowest BCUT2D eigenvalue weighted by Crippen LogP contribution is -2.09. The summed E-state index contributed by atoms with van der Waals surface area (Å²) in [5, 5.41) is 0.344. The van der Waals surface area contributed by atoms with E-state index < -0.39 is 5.97 Å². The van der Waals surface area contributed by atoms with Gasteiger partial charge in [0.05, 0.1) is 10.9 Å². The Morgan fingerprint density at radius 2 is 1.73 bits per heavy atom. The van der Waals surface area contributed by atoms with Crippen LogP contribution < -0.4 is 14.9 Å². The number of para-hydroxylation sites is 1. The molecule has 5 nitrogen and oxygen atoms in total. The van der Waals surface area contributed by atoms with Gasteiger partial charge in [0, 0.05) is 6.07 Å². The number of carbonyl (C=O) groups is 1. The minimum absolute atomic E-state index is 0.104. The first-order valence-electron chi connectivity index (χ1n) is 9.65. The molecule has 0 spiro atoms. The molecule has 4 aromatic rings. The van der Waals surface area contributed by atoms with E-state index in [1.165, 1.54) is 12.3 Å². The topological polar surface area (TPSA) is 65.7 Å². The molecule has 0 saturated carbocycles. The first-order valence-corrected chi connectivity index (χ1v) is 9.65. The molecule has 0 amide bonds. The first kappa shape index (κ1) is 19.5. The van der Waals surface area contributed by atoms with Gasteiger partial charge in [-0.2, -0.15) is 0 Å². The molecule has 30 heavy (non-hydrogen) atoms. The lowest BCUT2D eigenvalue weighted by Gasteiger charge is -2.10. The number of carbonyl (C=O) groups excluding carboxylic acids is 1. The minimum Gasteiger partial charge on any atom is -0.460 e. The molecule has 4 rings (SSSR count). The lowest BCUT2D eigenvalue weighted by atomic mass is 10.1. The summed E-state index contributed by atoms with van der Waals surface area (Å²) in [6.07, 6.45) is 2.06. The summed E-state index contributed by atoms with van der Waals surface area (Å²) >= 11 is 0. The minimum atomic E-state index is -0.479. The largest absolute Gasteiger partial charge is 0.460 e. The van der Waals surface area contributed by atoms with E-state index in [1.807, 2.05) is 50.2 Å². The van der Waals surface area contributed by atoms with Gasteiger partial charge in [-0.1, -0.05) is 42.8 Å². The highest BCUT2D eigenvalue weighted by Gasteiger charge is 2.13. The highest BCUT2D eigenvalue weighted by atomic mass is 16.5. The average molecular weight is 400 g/mol. The number of hydrogen-bond acceptors (Lipinski definition) is 5. The number of esters is 1. The fourth-order valence-electron chi connectivity index (χ4n) is 3.09. The van der Waals surface area contributed by atoms with E-state index in [0.29, 0.717) is 28.0 Å². The summed E-state index contributed by atoms with van der Waals surface area (Å²) in [7, 11) is 0. The van der Waals surface area contributed by atoms with Crippen LogP contribution in [0.4, 0.5) is 0 Å². The zero-order valence-corrected chi connectivity index (χ0v) is 16.7. The Labute approximate surface area is 173 Å². The van der Waals surface area contributed by atoms with E-state index in [-0.39, 0.29) is 11.2 Å². The zero-order chi connectivity index (χ0) is 21.1. The number of benzene rings is 3. The molecule has 0 saturated heterocycles. The van der Waals surface area contributed by atoms with Gasteiger partial charge in [-0.25, -0.2) is 4.79 Å². The molecule has 1 heterocycles. The molecule has 1 aromatic heterocycles. The fourth-order valence-corrected chi connectivity index (χ4v) is 3.09. The quantitative estimate of drug-likeness (QED) is 0.319.